The number of esters is 1. The molecule has 0 fully saturated rings. The molecule has 0 radical (unpaired) electrons. The zero-order valence-electron chi connectivity index (χ0n) is 8.80. The van der Waals surface area contributed by atoms with Crippen LogP contribution in [0.2, 0.25) is 0 Å². The predicted octanol–water partition coefficient (Wildman–Crippen LogP) is 2.91. The van der Waals surface area contributed by atoms with Gasteiger partial charge in [-0.1, -0.05) is 6.92 Å². The molecule has 0 spiro atoms. The average molecular weight is 216 g/mol. The van der Waals surface area contributed by atoms with Crippen molar-refractivity contribution < 1.29 is 18.3 Å². The topological polar surface area (TPSA) is 26.3 Å². The van der Waals surface area contributed by atoms with E-state index in [0.29, 0.717) is 6.42 Å². The van der Waals surface area contributed by atoms with E-state index in [1.165, 1.54) is 19.1 Å². The summed E-state index contributed by atoms with van der Waals surface area (Å²) in [4.78, 5) is 10.6. The maximum absolute atomic E-state index is 12.9. The van der Waals surface area contributed by atoms with Crippen molar-refractivity contribution in [3.8, 4) is 0 Å². The van der Waals surface area contributed by atoms with Gasteiger partial charge < -0.3 is 4.74 Å². The first kappa shape index (κ1) is 11.9. The summed E-state index contributed by atoms with van der Waals surface area (Å²) in [5.74, 6) is -2.09. The van der Waals surface area contributed by atoms with E-state index in [9.17, 15) is 13.6 Å². The van der Waals surface area contributed by atoms with Gasteiger partial charge in [0.25, 0.3) is 0 Å². The molecule has 0 aromatic carbocycles. The lowest BCUT2D eigenvalue weighted by molar-refractivity contribution is -0.142. The molecule has 4 heteroatoms. The maximum Gasteiger partial charge on any atom is 0.302 e. The summed E-state index contributed by atoms with van der Waals surface area (Å²) in [7, 11) is 0. The van der Waals surface area contributed by atoms with Gasteiger partial charge in [-0.2, -0.15) is 0 Å². The van der Waals surface area contributed by atoms with Gasteiger partial charge >= 0.3 is 5.97 Å². The van der Waals surface area contributed by atoms with Crippen LogP contribution in [0.3, 0.4) is 0 Å². The molecule has 0 saturated carbocycles. The van der Waals surface area contributed by atoms with E-state index in [1.54, 1.807) is 0 Å². The van der Waals surface area contributed by atoms with Crippen LogP contribution in [0.5, 0.6) is 0 Å². The minimum absolute atomic E-state index is 0.0102. The highest BCUT2D eigenvalue weighted by Crippen LogP contribution is 2.29. The number of rotatable bonds is 3. The van der Waals surface area contributed by atoms with Crippen LogP contribution in [0.15, 0.2) is 23.8 Å². The second-order valence-corrected chi connectivity index (χ2v) is 3.75. The molecule has 0 saturated heterocycles. The van der Waals surface area contributed by atoms with E-state index in [4.69, 9.17) is 4.74 Å². The number of halogens is 2. The lowest BCUT2D eigenvalue weighted by atomic mass is 9.88. The highest BCUT2D eigenvalue weighted by Gasteiger charge is 2.21. The van der Waals surface area contributed by atoms with Crippen LogP contribution in [-0.2, 0) is 9.53 Å². The number of ether oxygens (including phenoxy) is 1. The molecule has 1 aliphatic carbocycles. The molecule has 2 nitrogen and oxygen atoms in total. The Hall–Kier alpha value is -1.19. The molecule has 1 rings (SSSR count). The third kappa shape index (κ3) is 3.46. The fraction of sp³-hybridized carbons (Fsp3) is 0.545. The molecule has 2 atom stereocenters. The van der Waals surface area contributed by atoms with Crippen molar-refractivity contribution in [2.45, 2.75) is 20.3 Å². The molecule has 15 heavy (non-hydrogen) atoms. The third-order valence-electron chi connectivity index (χ3n) is 2.44. The van der Waals surface area contributed by atoms with Crippen molar-refractivity contribution in [1.82, 2.24) is 0 Å². The Kier molecular flexibility index (Phi) is 4.00. The predicted molar refractivity (Wildman–Crippen MR) is 52.3 cm³/mol. The lowest BCUT2D eigenvalue weighted by Gasteiger charge is -2.21. The number of carbonyl (C=O) groups is 1. The fourth-order valence-corrected chi connectivity index (χ4v) is 1.44. The minimum Gasteiger partial charge on any atom is -0.466 e. The molecule has 84 valence electrons. The first-order chi connectivity index (χ1) is 7.00. The number of hydrogen-bond acceptors (Lipinski definition) is 2. The molecule has 0 amide bonds. The molecule has 0 N–H and O–H groups in total. The summed E-state index contributed by atoms with van der Waals surface area (Å²) in [6, 6.07) is 0. The second-order valence-electron chi connectivity index (χ2n) is 3.75. The highest BCUT2D eigenvalue weighted by molar-refractivity contribution is 5.65. The number of carbonyl (C=O) groups excluding carboxylic acids is 1. The Morgan fingerprint density at radius 3 is 2.80 bits per heavy atom. The normalized spacial score (nSPS) is 22.8. The summed E-state index contributed by atoms with van der Waals surface area (Å²) in [6.07, 6.45) is 2.93. The SMILES string of the molecule is CC(=O)OCC(C)C1C=C(F)C(F)=CC1. The Morgan fingerprint density at radius 1 is 1.60 bits per heavy atom. The summed E-state index contributed by atoms with van der Waals surface area (Å²) < 4.78 is 30.4. The second kappa shape index (κ2) is 5.05. The summed E-state index contributed by atoms with van der Waals surface area (Å²) in [5, 5.41) is 0. The molecular formula is C11H14F2O2. The number of hydrogen-bond donors (Lipinski definition) is 0. The standard InChI is InChI=1S/C11H14F2O2/c1-7(6-15-8(2)14)9-3-4-10(12)11(13)5-9/h4-5,7,9H,3,6H2,1-2H3. The van der Waals surface area contributed by atoms with E-state index in [-0.39, 0.29) is 24.4 Å². The molecule has 0 aromatic rings. The summed E-state index contributed by atoms with van der Waals surface area (Å²) in [6.45, 7) is 3.40. The summed E-state index contributed by atoms with van der Waals surface area (Å²) in [5.41, 5.74) is 0. The fourth-order valence-electron chi connectivity index (χ4n) is 1.44. The van der Waals surface area contributed by atoms with Crippen molar-refractivity contribution in [3.05, 3.63) is 23.8 Å². The van der Waals surface area contributed by atoms with Crippen LogP contribution in [0.25, 0.3) is 0 Å². The van der Waals surface area contributed by atoms with Crippen molar-refractivity contribution >= 4 is 5.97 Å². The van der Waals surface area contributed by atoms with Gasteiger partial charge in [0.05, 0.1) is 6.61 Å². The molecular weight excluding hydrogens is 202 g/mol. The van der Waals surface area contributed by atoms with E-state index in [0.717, 1.165) is 0 Å². The van der Waals surface area contributed by atoms with E-state index >= 15 is 0 Å². The molecule has 0 aromatic heterocycles. The number of allylic oxidation sites excluding steroid dienone is 4. The Bertz CT molecular complexity index is 308. The van der Waals surface area contributed by atoms with E-state index in [1.807, 2.05) is 6.92 Å². The quantitative estimate of drug-likeness (QED) is 0.678. The van der Waals surface area contributed by atoms with Crippen molar-refractivity contribution in [1.29, 1.82) is 0 Å². The maximum atomic E-state index is 12.9. The lowest BCUT2D eigenvalue weighted by Crippen LogP contribution is -2.18. The Labute approximate surface area is 87.6 Å². The van der Waals surface area contributed by atoms with Gasteiger partial charge in [-0.15, -0.1) is 0 Å². The first-order valence-corrected chi connectivity index (χ1v) is 4.87. The molecule has 1 aliphatic rings. The summed E-state index contributed by atoms with van der Waals surface area (Å²) >= 11 is 0. The zero-order chi connectivity index (χ0) is 11.4. The molecule has 2 unspecified atom stereocenters. The van der Waals surface area contributed by atoms with Crippen LogP contribution < -0.4 is 0 Å². The van der Waals surface area contributed by atoms with Crippen LogP contribution >= 0.6 is 0 Å². The minimum atomic E-state index is -0.819. The Morgan fingerprint density at radius 2 is 2.27 bits per heavy atom. The highest BCUT2D eigenvalue weighted by atomic mass is 19.2. The van der Waals surface area contributed by atoms with Crippen LogP contribution in [0.1, 0.15) is 20.3 Å². The van der Waals surface area contributed by atoms with E-state index < -0.39 is 11.7 Å². The van der Waals surface area contributed by atoms with Crippen molar-refractivity contribution in [2.24, 2.45) is 11.8 Å². The van der Waals surface area contributed by atoms with Gasteiger partial charge in [-0.05, 0) is 30.4 Å². The third-order valence-corrected chi connectivity index (χ3v) is 2.44. The van der Waals surface area contributed by atoms with Crippen LogP contribution in [0, 0.1) is 11.8 Å². The van der Waals surface area contributed by atoms with Crippen LogP contribution in [-0.4, -0.2) is 12.6 Å². The molecule has 0 heterocycles. The van der Waals surface area contributed by atoms with Gasteiger partial charge in [-0.25, -0.2) is 8.78 Å². The molecule has 0 aliphatic heterocycles. The van der Waals surface area contributed by atoms with Gasteiger partial charge in [-0.3, -0.25) is 4.79 Å². The Balaban J connectivity index is 2.49. The largest absolute Gasteiger partial charge is 0.466 e. The van der Waals surface area contributed by atoms with E-state index in [2.05, 4.69) is 0 Å². The van der Waals surface area contributed by atoms with Gasteiger partial charge in [0.2, 0.25) is 0 Å². The van der Waals surface area contributed by atoms with Gasteiger partial charge in [0.15, 0.2) is 11.7 Å². The first-order valence-electron chi connectivity index (χ1n) is 4.87. The van der Waals surface area contributed by atoms with Gasteiger partial charge in [0, 0.05) is 6.92 Å². The smallest absolute Gasteiger partial charge is 0.302 e. The average Bonchev–Trinajstić information content (AvgIpc) is 2.18. The zero-order valence-corrected chi connectivity index (χ0v) is 8.80. The van der Waals surface area contributed by atoms with Crippen molar-refractivity contribution in [2.75, 3.05) is 6.61 Å². The van der Waals surface area contributed by atoms with Crippen LogP contribution in [0.4, 0.5) is 8.78 Å². The molecule has 0 bridgehead atoms. The monoisotopic (exact) mass is 216 g/mol. The van der Waals surface area contributed by atoms with Gasteiger partial charge in [0.1, 0.15) is 0 Å². The van der Waals surface area contributed by atoms with Crippen molar-refractivity contribution in [3.63, 3.8) is 0 Å².